The Morgan fingerprint density at radius 2 is 1.74 bits per heavy atom. The zero-order valence-electron chi connectivity index (χ0n) is 17.1. The number of alkyl halides is 3. The second kappa shape index (κ2) is 9.24. The Morgan fingerprint density at radius 3 is 2.38 bits per heavy atom. The van der Waals surface area contributed by atoms with Gasteiger partial charge in [0.05, 0.1) is 27.7 Å². The van der Waals surface area contributed by atoms with Crippen LogP contribution in [-0.2, 0) is 17.4 Å². The molecule has 4 rings (SSSR count). The lowest BCUT2D eigenvalue weighted by molar-refractivity contribution is -0.138. The van der Waals surface area contributed by atoms with Crippen molar-refractivity contribution in [2.45, 2.75) is 19.5 Å². The van der Waals surface area contributed by atoms with E-state index >= 15 is 0 Å². The van der Waals surface area contributed by atoms with E-state index in [1.807, 2.05) is 0 Å². The molecule has 0 saturated carbocycles. The van der Waals surface area contributed by atoms with Crippen molar-refractivity contribution in [2.24, 2.45) is 0 Å². The van der Waals surface area contributed by atoms with Gasteiger partial charge in [-0.15, -0.1) is 10.2 Å². The molecule has 2 aromatic heterocycles. The Morgan fingerprint density at radius 1 is 1.06 bits per heavy atom. The minimum Gasteiger partial charge on any atom is -0.459 e. The van der Waals surface area contributed by atoms with E-state index in [2.05, 4.69) is 20.8 Å². The summed E-state index contributed by atoms with van der Waals surface area (Å²) >= 11 is 12.4. The molecule has 2 N–H and O–H groups in total. The van der Waals surface area contributed by atoms with Gasteiger partial charge in [-0.25, -0.2) is 0 Å². The number of furan rings is 1. The third kappa shape index (κ3) is 4.86. The molecule has 0 fully saturated rings. The number of hydrogen-bond donors (Lipinski definition) is 2. The highest BCUT2D eigenvalue weighted by Crippen LogP contribution is 2.35. The van der Waals surface area contributed by atoms with Crippen LogP contribution >= 0.6 is 34.5 Å². The molecule has 2 aromatic carbocycles. The second-order valence-electron chi connectivity index (χ2n) is 7.00. The predicted octanol–water partition coefficient (Wildman–Crippen LogP) is 6.35. The van der Waals surface area contributed by atoms with E-state index in [9.17, 15) is 22.8 Å². The first-order valence-corrected chi connectivity index (χ1v) is 11.1. The topological polar surface area (TPSA) is 97.1 Å². The van der Waals surface area contributed by atoms with E-state index in [1.165, 1.54) is 12.1 Å². The van der Waals surface area contributed by atoms with E-state index in [0.717, 1.165) is 0 Å². The molecule has 0 bridgehead atoms. The lowest BCUT2D eigenvalue weighted by atomic mass is 10.1. The minimum atomic E-state index is -4.65. The normalized spacial score (nSPS) is 11.6. The Hall–Kier alpha value is -3.15. The van der Waals surface area contributed by atoms with Crippen molar-refractivity contribution in [1.29, 1.82) is 0 Å². The number of aryl methyl sites for hydroxylation is 1. The van der Waals surface area contributed by atoms with E-state index in [4.69, 9.17) is 27.6 Å². The maximum Gasteiger partial charge on any atom is 0.445 e. The summed E-state index contributed by atoms with van der Waals surface area (Å²) in [6.07, 6.45) is -4.85. The van der Waals surface area contributed by atoms with Crippen molar-refractivity contribution >= 4 is 68.1 Å². The summed E-state index contributed by atoms with van der Waals surface area (Å²) in [4.78, 5) is 25.2. The van der Waals surface area contributed by atoms with Gasteiger partial charge in [-0.2, -0.15) is 13.2 Å². The van der Waals surface area contributed by atoms with Crippen LogP contribution in [0.25, 0.3) is 11.0 Å². The fraction of sp³-hybridized carbons (Fsp3) is 0.143. The van der Waals surface area contributed by atoms with Crippen molar-refractivity contribution in [3.05, 3.63) is 68.3 Å². The van der Waals surface area contributed by atoms with Crippen molar-refractivity contribution < 1.29 is 27.2 Å². The monoisotopic (exact) mass is 528 g/mol. The predicted molar refractivity (Wildman–Crippen MR) is 123 cm³/mol. The van der Waals surface area contributed by atoms with Gasteiger partial charge in [0, 0.05) is 10.9 Å². The number of anilines is 2. The average Bonchev–Trinajstić information content (AvgIpc) is 3.33. The van der Waals surface area contributed by atoms with Gasteiger partial charge in [-0.3, -0.25) is 9.59 Å². The van der Waals surface area contributed by atoms with Gasteiger partial charge in [0.2, 0.25) is 16.0 Å². The third-order valence-corrected chi connectivity index (χ3v) is 6.22. The highest BCUT2D eigenvalue weighted by molar-refractivity contribution is 7.15. The average molecular weight is 529 g/mol. The summed E-state index contributed by atoms with van der Waals surface area (Å²) in [6, 6.07) is 9.64. The summed E-state index contributed by atoms with van der Waals surface area (Å²) in [5.74, 6) is -0.753. The molecule has 7 nitrogen and oxygen atoms in total. The van der Waals surface area contributed by atoms with E-state index in [1.54, 1.807) is 31.2 Å². The van der Waals surface area contributed by atoms with Crippen molar-refractivity contribution in [3.8, 4) is 0 Å². The summed E-state index contributed by atoms with van der Waals surface area (Å²) in [6.45, 7) is 1.63. The molecule has 176 valence electrons. The number of nitrogens with one attached hydrogen (secondary N) is 2. The summed E-state index contributed by atoms with van der Waals surface area (Å²) < 4.78 is 43.9. The Balaban J connectivity index is 1.57. The Bertz CT molecular complexity index is 1400. The van der Waals surface area contributed by atoms with Gasteiger partial charge in [-0.1, -0.05) is 52.7 Å². The number of halogens is 5. The van der Waals surface area contributed by atoms with Gasteiger partial charge in [-0.05, 0) is 25.1 Å². The number of para-hydroxylation sites is 1. The van der Waals surface area contributed by atoms with Crippen molar-refractivity contribution in [3.63, 3.8) is 0 Å². The molecule has 0 spiro atoms. The molecule has 2 heterocycles. The van der Waals surface area contributed by atoms with Crippen molar-refractivity contribution in [2.75, 3.05) is 10.6 Å². The first-order chi connectivity index (χ1) is 16.0. The molecule has 0 aliphatic heterocycles. The number of amides is 2. The highest BCUT2D eigenvalue weighted by atomic mass is 35.5. The number of fused-ring (bicyclic) bond motifs is 1. The van der Waals surface area contributed by atoms with Crippen LogP contribution in [0.3, 0.4) is 0 Å². The van der Waals surface area contributed by atoms with Crippen LogP contribution in [0, 0.1) is 6.92 Å². The zero-order valence-corrected chi connectivity index (χ0v) is 19.4. The lowest BCUT2D eigenvalue weighted by Gasteiger charge is -2.09. The highest BCUT2D eigenvalue weighted by Gasteiger charge is 2.35. The molecule has 0 aliphatic carbocycles. The number of carbonyl (C=O) groups is 2. The number of nitrogens with zero attached hydrogens (tertiary/aromatic N) is 2. The molecule has 0 unspecified atom stereocenters. The summed E-state index contributed by atoms with van der Waals surface area (Å²) in [5.41, 5.74) is 1.24. The van der Waals surface area contributed by atoms with Gasteiger partial charge in [0.15, 0.2) is 5.58 Å². The molecular formula is C21H13Cl2F3N4O3S. The van der Waals surface area contributed by atoms with Gasteiger partial charge in [0.25, 0.3) is 5.91 Å². The molecule has 2 amide bonds. The van der Waals surface area contributed by atoms with Gasteiger partial charge >= 0.3 is 6.18 Å². The fourth-order valence-corrected chi connectivity index (χ4v) is 4.42. The van der Waals surface area contributed by atoms with Crippen LogP contribution in [-0.4, -0.2) is 22.0 Å². The first-order valence-electron chi connectivity index (χ1n) is 9.51. The van der Waals surface area contributed by atoms with Gasteiger partial charge < -0.3 is 15.1 Å². The quantitative estimate of drug-likeness (QED) is 0.314. The van der Waals surface area contributed by atoms with Crippen LogP contribution in [0.5, 0.6) is 0 Å². The van der Waals surface area contributed by atoms with E-state index in [-0.39, 0.29) is 38.5 Å². The number of benzene rings is 2. The SMILES string of the molecule is Cc1oc2c(NC(=O)c3c(Cl)cccc3Cl)cccc2c1CC(=O)Nc1nnc(C(F)(F)F)s1. The zero-order chi connectivity index (χ0) is 24.6. The maximum absolute atomic E-state index is 12.8. The number of hydrogen-bond acceptors (Lipinski definition) is 6. The molecular weight excluding hydrogens is 516 g/mol. The Kier molecular flexibility index (Phi) is 6.52. The molecule has 0 aliphatic rings. The second-order valence-corrected chi connectivity index (χ2v) is 8.80. The first kappa shape index (κ1) is 24.0. The van der Waals surface area contributed by atoms with Crippen LogP contribution in [0.4, 0.5) is 24.0 Å². The van der Waals surface area contributed by atoms with Crippen LogP contribution in [0.1, 0.15) is 26.7 Å². The number of aromatic nitrogens is 2. The summed E-state index contributed by atoms with van der Waals surface area (Å²) in [5, 5.41) is 10.9. The van der Waals surface area contributed by atoms with Crippen LogP contribution in [0.15, 0.2) is 40.8 Å². The lowest BCUT2D eigenvalue weighted by Crippen LogP contribution is -2.14. The number of carbonyl (C=O) groups excluding carboxylic acids is 2. The van der Waals surface area contributed by atoms with Crippen LogP contribution in [0.2, 0.25) is 10.0 Å². The number of rotatable bonds is 5. The van der Waals surface area contributed by atoms with Gasteiger partial charge in [0.1, 0.15) is 5.76 Å². The summed E-state index contributed by atoms with van der Waals surface area (Å²) in [7, 11) is 0. The molecule has 0 radical (unpaired) electrons. The maximum atomic E-state index is 12.8. The largest absolute Gasteiger partial charge is 0.459 e. The van der Waals surface area contributed by atoms with Crippen LogP contribution < -0.4 is 10.6 Å². The third-order valence-electron chi connectivity index (χ3n) is 4.71. The molecule has 4 aromatic rings. The van der Waals surface area contributed by atoms with Crippen molar-refractivity contribution in [1.82, 2.24) is 10.2 Å². The molecule has 0 saturated heterocycles. The smallest absolute Gasteiger partial charge is 0.445 e. The van der Waals surface area contributed by atoms with E-state index in [0.29, 0.717) is 28.0 Å². The molecule has 13 heteroatoms. The van der Waals surface area contributed by atoms with E-state index < -0.39 is 23.0 Å². The standard InChI is InChI=1S/C21H13Cl2F3N4O3S/c1-9-11(8-15(31)28-20-30-29-19(34-20)21(24,25)26)10-4-2-7-14(17(10)33-9)27-18(32)16-12(22)5-3-6-13(16)23/h2-7H,8H2,1H3,(H,27,32)(H,28,30,31). The Labute approximate surface area is 203 Å². The fourth-order valence-electron chi connectivity index (χ4n) is 3.22. The molecule has 34 heavy (non-hydrogen) atoms. The minimum absolute atomic E-state index is 0.0981. The molecule has 0 atom stereocenters.